The number of hydrogen-bond acceptors (Lipinski definition) is 3. The van der Waals surface area contributed by atoms with Crippen LogP contribution in [0.15, 0.2) is 48.8 Å². The van der Waals surface area contributed by atoms with Gasteiger partial charge in [-0.25, -0.2) is 4.39 Å². The van der Waals surface area contributed by atoms with E-state index in [1.54, 1.807) is 24.5 Å². The van der Waals surface area contributed by atoms with Gasteiger partial charge in [-0.3, -0.25) is 15.1 Å². The van der Waals surface area contributed by atoms with Gasteiger partial charge in [-0.05, 0) is 42.3 Å². The Balaban J connectivity index is 2.01. The molecule has 0 saturated carbocycles. The molecule has 3 unspecified atom stereocenters. The van der Waals surface area contributed by atoms with Crippen LogP contribution < -0.4 is 10.6 Å². The number of rotatable bonds is 2. The second kappa shape index (κ2) is 5.61. The van der Waals surface area contributed by atoms with Crippen LogP contribution in [0, 0.1) is 5.82 Å². The number of hydrogen-bond donors (Lipinski definition) is 2. The van der Waals surface area contributed by atoms with E-state index in [-0.39, 0.29) is 23.9 Å². The van der Waals surface area contributed by atoms with Gasteiger partial charge in [0.05, 0.1) is 12.1 Å². The molecule has 3 rings (SSSR count). The summed E-state index contributed by atoms with van der Waals surface area (Å²) in [6.45, 7) is 1.90. The summed E-state index contributed by atoms with van der Waals surface area (Å²) in [5, 5.41) is 6.26. The summed E-state index contributed by atoms with van der Waals surface area (Å²) < 4.78 is 13.1. The molecule has 0 radical (unpaired) electrons. The molecular weight excluding hydrogens is 269 g/mol. The lowest BCUT2D eigenvalue weighted by molar-refractivity contribution is -0.126. The van der Waals surface area contributed by atoms with Crippen molar-refractivity contribution < 1.29 is 9.18 Å². The van der Waals surface area contributed by atoms with Gasteiger partial charge in [-0.2, -0.15) is 0 Å². The average Bonchev–Trinajstić information content (AvgIpc) is 2.49. The summed E-state index contributed by atoms with van der Waals surface area (Å²) in [7, 11) is 0. The van der Waals surface area contributed by atoms with E-state index < -0.39 is 5.92 Å². The molecule has 0 spiro atoms. The Morgan fingerprint density at radius 2 is 1.71 bits per heavy atom. The van der Waals surface area contributed by atoms with Gasteiger partial charge in [0, 0.05) is 18.4 Å². The fourth-order valence-corrected chi connectivity index (χ4v) is 2.74. The van der Waals surface area contributed by atoms with Crippen LogP contribution in [0.1, 0.15) is 30.0 Å². The lowest BCUT2D eigenvalue weighted by Crippen LogP contribution is -2.55. The van der Waals surface area contributed by atoms with Gasteiger partial charge in [0.1, 0.15) is 5.82 Å². The molecule has 0 bridgehead atoms. The van der Waals surface area contributed by atoms with Crippen molar-refractivity contribution in [3.8, 4) is 0 Å². The van der Waals surface area contributed by atoms with Crippen molar-refractivity contribution in [2.75, 3.05) is 0 Å². The molecule has 5 heteroatoms. The first kappa shape index (κ1) is 13.7. The van der Waals surface area contributed by atoms with E-state index in [0.29, 0.717) is 0 Å². The van der Waals surface area contributed by atoms with Crippen molar-refractivity contribution in [1.82, 2.24) is 15.6 Å². The molecule has 1 aromatic carbocycles. The number of carbonyl (C=O) groups excluding carboxylic acids is 1. The normalized spacial score (nSPS) is 25.4. The lowest BCUT2D eigenvalue weighted by atomic mass is 9.85. The van der Waals surface area contributed by atoms with Crippen LogP contribution in [0.5, 0.6) is 0 Å². The maximum Gasteiger partial charge on any atom is 0.230 e. The predicted molar refractivity (Wildman–Crippen MR) is 76.9 cm³/mol. The minimum absolute atomic E-state index is 0.0605. The maximum atomic E-state index is 13.1. The summed E-state index contributed by atoms with van der Waals surface area (Å²) in [6.07, 6.45) is 3.29. The molecule has 1 aromatic heterocycles. The number of nitrogens with one attached hydrogen (secondary N) is 2. The van der Waals surface area contributed by atoms with Crippen LogP contribution in [0.4, 0.5) is 4.39 Å². The molecule has 1 saturated heterocycles. The van der Waals surface area contributed by atoms with Crippen LogP contribution >= 0.6 is 0 Å². The SMILES string of the molecule is CC1NC(=O)C(c2ccc(F)cc2)C(c2ccncc2)N1. The van der Waals surface area contributed by atoms with Gasteiger partial charge in [0.2, 0.25) is 5.91 Å². The maximum absolute atomic E-state index is 13.1. The number of amides is 1. The van der Waals surface area contributed by atoms with Crippen molar-refractivity contribution in [1.29, 1.82) is 0 Å². The molecule has 2 heterocycles. The lowest BCUT2D eigenvalue weighted by Gasteiger charge is -2.36. The minimum atomic E-state index is -0.399. The topological polar surface area (TPSA) is 54.0 Å². The molecule has 1 amide bonds. The van der Waals surface area contributed by atoms with Crippen molar-refractivity contribution in [2.45, 2.75) is 25.0 Å². The first-order valence-electron chi connectivity index (χ1n) is 6.87. The van der Waals surface area contributed by atoms with E-state index in [1.807, 2.05) is 19.1 Å². The summed E-state index contributed by atoms with van der Waals surface area (Å²) in [6, 6.07) is 9.69. The van der Waals surface area contributed by atoms with Gasteiger partial charge in [0.15, 0.2) is 0 Å². The third kappa shape index (κ3) is 2.78. The molecule has 1 aliphatic heterocycles. The van der Waals surface area contributed by atoms with Crippen LogP contribution in [0.25, 0.3) is 0 Å². The third-order valence-corrected chi connectivity index (χ3v) is 3.70. The van der Waals surface area contributed by atoms with E-state index in [2.05, 4.69) is 15.6 Å². The van der Waals surface area contributed by atoms with Crippen LogP contribution in [0.3, 0.4) is 0 Å². The van der Waals surface area contributed by atoms with Crippen molar-refractivity contribution >= 4 is 5.91 Å². The van der Waals surface area contributed by atoms with E-state index in [0.717, 1.165) is 11.1 Å². The predicted octanol–water partition coefficient (Wildman–Crippen LogP) is 2.11. The highest BCUT2D eigenvalue weighted by Crippen LogP contribution is 2.33. The zero-order valence-electron chi connectivity index (χ0n) is 11.6. The highest BCUT2D eigenvalue weighted by atomic mass is 19.1. The quantitative estimate of drug-likeness (QED) is 0.888. The molecule has 1 aliphatic rings. The highest BCUT2D eigenvalue weighted by Gasteiger charge is 2.36. The van der Waals surface area contributed by atoms with Crippen molar-refractivity contribution in [3.63, 3.8) is 0 Å². The largest absolute Gasteiger partial charge is 0.340 e. The molecule has 2 N–H and O–H groups in total. The zero-order valence-corrected chi connectivity index (χ0v) is 11.6. The number of nitrogens with zero attached hydrogens (tertiary/aromatic N) is 1. The Morgan fingerprint density at radius 1 is 1.05 bits per heavy atom. The molecule has 108 valence electrons. The zero-order chi connectivity index (χ0) is 14.8. The number of pyridine rings is 1. The standard InChI is InChI=1S/C16H16FN3O/c1-10-19-15(12-6-8-18-9-7-12)14(16(21)20-10)11-2-4-13(17)5-3-11/h2-10,14-15,19H,1H3,(H,20,21). The minimum Gasteiger partial charge on any atom is -0.340 e. The molecule has 3 atom stereocenters. The Bertz CT molecular complexity index is 630. The number of halogens is 1. The van der Waals surface area contributed by atoms with Crippen molar-refractivity contribution in [3.05, 3.63) is 65.7 Å². The van der Waals surface area contributed by atoms with Crippen LogP contribution in [-0.2, 0) is 4.79 Å². The van der Waals surface area contributed by atoms with Gasteiger partial charge in [0.25, 0.3) is 0 Å². The molecule has 0 aliphatic carbocycles. The second-order valence-corrected chi connectivity index (χ2v) is 5.18. The smallest absolute Gasteiger partial charge is 0.230 e. The van der Waals surface area contributed by atoms with E-state index in [4.69, 9.17) is 0 Å². The van der Waals surface area contributed by atoms with Gasteiger partial charge in [-0.1, -0.05) is 12.1 Å². The molecular formula is C16H16FN3O. The van der Waals surface area contributed by atoms with Crippen LogP contribution in [-0.4, -0.2) is 17.1 Å². The highest BCUT2D eigenvalue weighted by molar-refractivity contribution is 5.85. The van der Waals surface area contributed by atoms with E-state index in [1.165, 1.54) is 12.1 Å². The van der Waals surface area contributed by atoms with Crippen LogP contribution in [0.2, 0.25) is 0 Å². The molecule has 21 heavy (non-hydrogen) atoms. The summed E-state index contributed by atoms with van der Waals surface area (Å²) in [5.41, 5.74) is 1.77. The van der Waals surface area contributed by atoms with E-state index in [9.17, 15) is 9.18 Å². The number of aromatic nitrogens is 1. The molecule has 1 fully saturated rings. The van der Waals surface area contributed by atoms with Crippen molar-refractivity contribution in [2.24, 2.45) is 0 Å². The summed E-state index contributed by atoms with van der Waals surface area (Å²) >= 11 is 0. The van der Waals surface area contributed by atoms with E-state index >= 15 is 0 Å². The fraction of sp³-hybridized carbons (Fsp3) is 0.250. The molecule has 2 aromatic rings. The second-order valence-electron chi connectivity index (χ2n) is 5.18. The third-order valence-electron chi connectivity index (χ3n) is 3.70. The Morgan fingerprint density at radius 3 is 2.38 bits per heavy atom. The fourth-order valence-electron chi connectivity index (χ4n) is 2.74. The summed E-state index contributed by atoms with van der Waals surface area (Å²) in [5.74, 6) is -0.768. The number of benzene rings is 1. The summed E-state index contributed by atoms with van der Waals surface area (Å²) in [4.78, 5) is 16.4. The first-order chi connectivity index (χ1) is 10.1. The molecule has 4 nitrogen and oxygen atoms in total. The Kier molecular flexibility index (Phi) is 3.66. The monoisotopic (exact) mass is 285 g/mol. The Labute approximate surface area is 122 Å². The van der Waals surface area contributed by atoms with Gasteiger partial charge < -0.3 is 5.32 Å². The first-order valence-corrected chi connectivity index (χ1v) is 6.87. The van der Waals surface area contributed by atoms with Gasteiger partial charge in [-0.15, -0.1) is 0 Å². The number of carbonyl (C=O) groups is 1. The van der Waals surface area contributed by atoms with Gasteiger partial charge >= 0.3 is 0 Å². The Hall–Kier alpha value is -2.27. The average molecular weight is 285 g/mol.